The molecule has 0 saturated heterocycles. The first-order valence-electron chi connectivity index (χ1n) is 5.96. The quantitative estimate of drug-likeness (QED) is 0.678. The number of hydrogen-bond donors (Lipinski definition) is 1. The van der Waals surface area contributed by atoms with Crippen molar-refractivity contribution in [1.82, 2.24) is 5.32 Å². The molecule has 0 heterocycles. The first kappa shape index (κ1) is 14.9. The number of nitrogens with one attached hydrogen (secondary N) is 1. The minimum Gasteiger partial charge on any atom is -0.466 e. The zero-order valence-electron chi connectivity index (χ0n) is 10.7. The number of ether oxygens (including phenoxy) is 1. The van der Waals surface area contributed by atoms with Crippen LogP contribution in [-0.4, -0.2) is 24.5 Å². The molecule has 0 spiro atoms. The number of esters is 1. The van der Waals surface area contributed by atoms with Crippen molar-refractivity contribution in [3.05, 3.63) is 0 Å². The van der Waals surface area contributed by atoms with Crippen molar-refractivity contribution in [1.29, 1.82) is 0 Å². The smallest absolute Gasteiger partial charge is 0.307 e. The molecule has 0 bridgehead atoms. The molecular formula is C12H23NO3. The molecule has 0 aromatic rings. The molecule has 0 rings (SSSR count). The topological polar surface area (TPSA) is 55.4 Å². The van der Waals surface area contributed by atoms with Gasteiger partial charge in [0.15, 0.2) is 0 Å². The van der Waals surface area contributed by atoms with Crippen LogP contribution in [-0.2, 0) is 14.3 Å². The zero-order chi connectivity index (χ0) is 12.6. The standard InChI is InChI=1S/C12H23NO3/c1-5-7-11(14)13-10(9(3)4)8-12(15)16-6-2/h9-10H,5-8H2,1-4H3,(H,13,14)/t10-/m1/s1. The Morgan fingerprint density at radius 1 is 1.25 bits per heavy atom. The van der Waals surface area contributed by atoms with E-state index in [-0.39, 0.29) is 30.3 Å². The van der Waals surface area contributed by atoms with Gasteiger partial charge in [0.05, 0.1) is 13.0 Å². The predicted molar refractivity (Wildman–Crippen MR) is 62.9 cm³/mol. The van der Waals surface area contributed by atoms with Crippen LogP contribution in [0.4, 0.5) is 0 Å². The molecule has 0 fully saturated rings. The second-order valence-electron chi connectivity index (χ2n) is 4.18. The van der Waals surface area contributed by atoms with Crippen LogP contribution in [0.2, 0.25) is 0 Å². The van der Waals surface area contributed by atoms with Gasteiger partial charge in [-0.3, -0.25) is 9.59 Å². The van der Waals surface area contributed by atoms with Gasteiger partial charge in [-0.2, -0.15) is 0 Å². The van der Waals surface area contributed by atoms with Crippen LogP contribution >= 0.6 is 0 Å². The van der Waals surface area contributed by atoms with Crippen LogP contribution < -0.4 is 5.32 Å². The van der Waals surface area contributed by atoms with E-state index in [0.29, 0.717) is 13.0 Å². The monoisotopic (exact) mass is 229 g/mol. The first-order chi connectivity index (χ1) is 7.51. The van der Waals surface area contributed by atoms with Crippen molar-refractivity contribution in [2.45, 2.75) is 53.0 Å². The van der Waals surface area contributed by atoms with E-state index in [1.165, 1.54) is 0 Å². The van der Waals surface area contributed by atoms with E-state index in [4.69, 9.17) is 4.74 Å². The Hall–Kier alpha value is -1.06. The van der Waals surface area contributed by atoms with E-state index in [9.17, 15) is 9.59 Å². The molecular weight excluding hydrogens is 206 g/mol. The van der Waals surface area contributed by atoms with Crippen molar-refractivity contribution < 1.29 is 14.3 Å². The Balaban J connectivity index is 4.17. The third kappa shape index (κ3) is 6.43. The molecule has 0 aromatic heterocycles. The second kappa shape index (κ2) is 8.13. The largest absolute Gasteiger partial charge is 0.466 e. The van der Waals surface area contributed by atoms with Crippen molar-refractivity contribution in [3.63, 3.8) is 0 Å². The average molecular weight is 229 g/mol. The third-order valence-corrected chi connectivity index (χ3v) is 2.32. The fraction of sp³-hybridized carbons (Fsp3) is 0.833. The molecule has 16 heavy (non-hydrogen) atoms. The number of carbonyl (C=O) groups excluding carboxylic acids is 2. The van der Waals surface area contributed by atoms with E-state index in [0.717, 1.165) is 6.42 Å². The highest BCUT2D eigenvalue weighted by Crippen LogP contribution is 2.08. The van der Waals surface area contributed by atoms with Gasteiger partial charge < -0.3 is 10.1 Å². The lowest BCUT2D eigenvalue weighted by Crippen LogP contribution is -2.40. The molecule has 0 aliphatic carbocycles. The maximum Gasteiger partial charge on any atom is 0.307 e. The average Bonchev–Trinajstić information content (AvgIpc) is 2.17. The van der Waals surface area contributed by atoms with Crippen LogP contribution in [0.1, 0.15) is 47.0 Å². The lowest BCUT2D eigenvalue weighted by Gasteiger charge is -2.21. The normalized spacial score (nSPS) is 12.3. The summed E-state index contributed by atoms with van der Waals surface area (Å²) in [7, 11) is 0. The lowest BCUT2D eigenvalue weighted by molar-refractivity contribution is -0.144. The maximum absolute atomic E-state index is 11.4. The summed E-state index contributed by atoms with van der Waals surface area (Å²) in [5.41, 5.74) is 0. The molecule has 0 aromatic carbocycles. The highest BCUT2D eigenvalue weighted by molar-refractivity contribution is 5.77. The summed E-state index contributed by atoms with van der Waals surface area (Å²) >= 11 is 0. The van der Waals surface area contributed by atoms with Gasteiger partial charge in [0, 0.05) is 12.5 Å². The molecule has 0 aliphatic heterocycles. The fourth-order valence-corrected chi connectivity index (χ4v) is 1.36. The van der Waals surface area contributed by atoms with Crippen LogP contribution in [0.3, 0.4) is 0 Å². The van der Waals surface area contributed by atoms with Gasteiger partial charge in [0.1, 0.15) is 0 Å². The summed E-state index contributed by atoms with van der Waals surface area (Å²) in [6.07, 6.45) is 1.57. The van der Waals surface area contributed by atoms with E-state index in [1.807, 2.05) is 20.8 Å². The maximum atomic E-state index is 11.4. The summed E-state index contributed by atoms with van der Waals surface area (Å²) in [6, 6.07) is -0.127. The number of hydrogen-bond acceptors (Lipinski definition) is 3. The first-order valence-corrected chi connectivity index (χ1v) is 5.96. The molecule has 0 unspecified atom stereocenters. The van der Waals surface area contributed by atoms with E-state index in [1.54, 1.807) is 6.92 Å². The summed E-state index contributed by atoms with van der Waals surface area (Å²) in [6.45, 7) is 8.08. The van der Waals surface area contributed by atoms with Gasteiger partial charge in [-0.05, 0) is 19.3 Å². The van der Waals surface area contributed by atoms with Crippen molar-refractivity contribution in [3.8, 4) is 0 Å². The Morgan fingerprint density at radius 3 is 2.31 bits per heavy atom. The van der Waals surface area contributed by atoms with Crippen LogP contribution in [0.25, 0.3) is 0 Å². The molecule has 0 saturated carbocycles. The van der Waals surface area contributed by atoms with Crippen molar-refractivity contribution in [2.75, 3.05) is 6.61 Å². The van der Waals surface area contributed by atoms with Gasteiger partial charge in [0.25, 0.3) is 0 Å². The molecule has 1 N–H and O–H groups in total. The van der Waals surface area contributed by atoms with E-state index in [2.05, 4.69) is 5.32 Å². The second-order valence-corrected chi connectivity index (χ2v) is 4.18. The summed E-state index contributed by atoms with van der Waals surface area (Å²) < 4.78 is 4.87. The van der Waals surface area contributed by atoms with Crippen LogP contribution in [0.15, 0.2) is 0 Å². The number of amides is 1. The summed E-state index contributed by atoms with van der Waals surface area (Å²) in [4.78, 5) is 22.8. The molecule has 1 atom stereocenters. The van der Waals surface area contributed by atoms with Gasteiger partial charge >= 0.3 is 5.97 Å². The minimum atomic E-state index is -0.252. The van der Waals surface area contributed by atoms with Crippen molar-refractivity contribution in [2.24, 2.45) is 5.92 Å². The minimum absolute atomic E-state index is 0.00509. The van der Waals surface area contributed by atoms with Crippen LogP contribution in [0, 0.1) is 5.92 Å². The Bertz CT molecular complexity index is 206. The molecule has 4 nitrogen and oxygen atoms in total. The number of carbonyl (C=O) groups is 2. The van der Waals surface area contributed by atoms with Gasteiger partial charge in [-0.15, -0.1) is 0 Å². The molecule has 1 amide bonds. The van der Waals surface area contributed by atoms with Crippen LogP contribution in [0.5, 0.6) is 0 Å². The molecule has 0 radical (unpaired) electrons. The number of rotatable bonds is 7. The van der Waals surface area contributed by atoms with E-state index < -0.39 is 0 Å². The van der Waals surface area contributed by atoms with Gasteiger partial charge in [0.2, 0.25) is 5.91 Å². The molecule has 94 valence electrons. The van der Waals surface area contributed by atoms with Crippen molar-refractivity contribution >= 4 is 11.9 Å². The Labute approximate surface area is 97.7 Å². The fourth-order valence-electron chi connectivity index (χ4n) is 1.36. The molecule has 4 heteroatoms. The van der Waals surface area contributed by atoms with Gasteiger partial charge in [-0.1, -0.05) is 20.8 Å². The summed E-state index contributed by atoms with van der Waals surface area (Å²) in [5.74, 6) is -0.0197. The van der Waals surface area contributed by atoms with Gasteiger partial charge in [-0.25, -0.2) is 0 Å². The molecule has 0 aliphatic rings. The highest BCUT2D eigenvalue weighted by Gasteiger charge is 2.19. The highest BCUT2D eigenvalue weighted by atomic mass is 16.5. The lowest BCUT2D eigenvalue weighted by atomic mass is 10.0. The Kier molecular flexibility index (Phi) is 7.60. The summed E-state index contributed by atoms with van der Waals surface area (Å²) in [5, 5.41) is 2.87. The Morgan fingerprint density at radius 2 is 1.88 bits per heavy atom. The third-order valence-electron chi connectivity index (χ3n) is 2.32. The zero-order valence-corrected chi connectivity index (χ0v) is 10.7. The predicted octanol–water partition coefficient (Wildman–Crippen LogP) is 1.88. The SMILES string of the molecule is CCCC(=O)N[C@H](CC(=O)OCC)C(C)C. The van der Waals surface area contributed by atoms with E-state index >= 15 is 0 Å².